The van der Waals surface area contributed by atoms with Crippen molar-refractivity contribution in [3.63, 3.8) is 0 Å². The number of aryl methyl sites for hydroxylation is 1. The van der Waals surface area contributed by atoms with Crippen molar-refractivity contribution >= 4 is 27.5 Å². The molecule has 0 radical (unpaired) electrons. The van der Waals surface area contributed by atoms with Gasteiger partial charge in [-0.25, -0.2) is 4.98 Å². The molecule has 0 fully saturated rings. The molecule has 3 aromatic rings. The van der Waals surface area contributed by atoms with E-state index in [1.165, 1.54) is 29.9 Å². The first-order valence-corrected chi connectivity index (χ1v) is 7.78. The maximum Gasteiger partial charge on any atom is 0.299 e. The Bertz CT molecular complexity index is 962. The van der Waals surface area contributed by atoms with Crippen molar-refractivity contribution in [1.29, 1.82) is 0 Å². The maximum atomic E-state index is 12.2. The summed E-state index contributed by atoms with van der Waals surface area (Å²) >= 11 is 1.41. The molecule has 7 nitrogen and oxygen atoms in total. The third-order valence-electron chi connectivity index (χ3n) is 3.45. The Kier molecular flexibility index (Phi) is 3.30. The fraction of sp³-hybridized carbons (Fsp3) is 0.200. The fourth-order valence-electron chi connectivity index (χ4n) is 2.32. The number of carbonyl (C=O) groups is 1. The molecule has 0 saturated carbocycles. The predicted molar refractivity (Wildman–Crippen MR) is 83.7 cm³/mol. The van der Waals surface area contributed by atoms with Gasteiger partial charge in [-0.3, -0.25) is 9.78 Å². The van der Waals surface area contributed by atoms with Crippen LogP contribution in [0.15, 0.2) is 35.7 Å². The molecule has 0 bridgehead atoms. The minimum Gasteiger partial charge on any atom is -0.486 e. The SMILES string of the molecule is Cn1c(=NC(=O)c2cnccn2)sc2cc3c(cc21)OCCO3. The van der Waals surface area contributed by atoms with Gasteiger partial charge in [0.15, 0.2) is 16.3 Å². The quantitative estimate of drug-likeness (QED) is 0.677. The molecule has 2 aromatic heterocycles. The molecule has 1 aliphatic rings. The van der Waals surface area contributed by atoms with Gasteiger partial charge in [-0.15, -0.1) is 0 Å². The molecular formula is C15H12N4O3S. The summed E-state index contributed by atoms with van der Waals surface area (Å²) in [6.07, 6.45) is 4.39. The van der Waals surface area contributed by atoms with Crippen LogP contribution in [0.4, 0.5) is 0 Å². The Balaban J connectivity index is 1.83. The Morgan fingerprint density at radius 1 is 1.26 bits per heavy atom. The molecule has 4 rings (SSSR count). The van der Waals surface area contributed by atoms with Gasteiger partial charge in [-0.2, -0.15) is 4.99 Å². The minimum atomic E-state index is -0.419. The van der Waals surface area contributed by atoms with Gasteiger partial charge < -0.3 is 14.0 Å². The molecule has 1 amide bonds. The first-order valence-electron chi connectivity index (χ1n) is 6.96. The number of ether oxygens (including phenoxy) is 2. The van der Waals surface area contributed by atoms with Crippen molar-refractivity contribution < 1.29 is 14.3 Å². The number of nitrogens with zero attached hydrogens (tertiary/aromatic N) is 4. The zero-order chi connectivity index (χ0) is 15.8. The van der Waals surface area contributed by atoms with Crippen LogP contribution < -0.4 is 14.3 Å². The summed E-state index contributed by atoms with van der Waals surface area (Å²) in [4.78, 5) is 24.8. The van der Waals surface area contributed by atoms with E-state index in [0.717, 1.165) is 16.0 Å². The van der Waals surface area contributed by atoms with Crippen LogP contribution in [-0.2, 0) is 7.05 Å². The monoisotopic (exact) mass is 328 g/mol. The van der Waals surface area contributed by atoms with Crippen molar-refractivity contribution in [2.45, 2.75) is 0 Å². The van der Waals surface area contributed by atoms with E-state index in [2.05, 4.69) is 15.0 Å². The summed E-state index contributed by atoms with van der Waals surface area (Å²) in [5, 5.41) is 0. The lowest BCUT2D eigenvalue weighted by Crippen LogP contribution is -2.16. The van der Waals surface area contributed by atoms with Crippen LogP contribution in [0.25, 0.3) is 10.2 Å². The highest BCUT2D eigenvalue weighted by Crippen LogP contribution is 2.35. The van der Waals surface area contributed by atoms with Gasteiger partial charge in [-0.1, -0.05) is 11.3 Å². The summed E-state index contributed by atoms with van der Waals surface area (Å²) in [6, 6.07) is 3.83. The molecule has 8 heteroatoms. The summed E-state index contributed by atoms with van der Waals surface area (Å²) < 4.78 is 14.0. The first-order chi connectivity index (χ1) is 11.2. The molecule has 1 aliphatic heterocycles. The zero-order valence-electron chi connectivity index (χ0n) is 12.2. The molecule has 0 aliphatic carbocycles. The van der Waals surface area contributed by atoms with Gasteiger partial charge >= 0.3 is 0 Å². The van der Waals surface area contributed by atoms with E-state index >= 15 is 0 Å². The van der Waals surface area contributed by atoms with Crippen LogP contribution in [0, 0.1) is 0 Å². The summed E-state index contributed by atoms with van der Waals surface area (Å²) in [5.74, 6) is 1.01. The van der Waals surface area contributed by atoms with Gasteiger partial charge in [0.1, 0.15) is 18.9 Å². The number of benzene rings is 1. The molecule has 116 valence electrons. The second-order valence-corrected chi connectivity index (χ2v) is 5.92. The van der Waals surface area contributed by atoms with E-state index in [-0.39, 0.29) is 5.69 Å². The van der Waals surface area contributed by atoms with Gasteiger partial charge in [0.05, 0.1) is 16.4 Å². The number of hydrogen-bond donors (Lipinski definition) is 0. The fourth-order valence-corrected chi connectivity index (χ4v) is 3.35. The zero-order valence-corrected chi connectivity index (χ0v) is 13.0. The molecule has 0 spiro atoms. The summed E-state index contributed by atoms with van der Waals surface area (Å²) in [7, 11) is 1.86. The third-order valence-corrected chi connectivity index (χ3v) is 4.55. The minimum absolute atomic E-state index is 0.218. The van der Waals surface area contributed by atoms with Crippen LogP contribution in [0.5, 0.6) is 11.5 Å². The highest BCUT2D eigenvalue weighted by atomic mass is 32.1. The maximum absolute atomic E-state index is 12.2. The third kappa shape index (κ3) is 2.46. The number of hydrogen-bond acceptors (Lipinski definition) is 6. The molecule has 1 aromatic carbocycles. The molecular weight excluding hydrogens is 316 g/mol. The molecule has 23 heavy (non-hydrogen) atoms. The van der Waals surface area contributed by atoms with Crippen LogP contribution in [0.2, 0.25) is 0 Å². The van der Waals surface area contributed by atoms with Crippen molar-refractivity contribution in [3.05, 3.63) is 41.2 Å². The van der Waals surface area contributed by atoms with Crippen LogP contribution >= 0.6 is 11.3 Å². The van der Waals surface area contributed by atoms with E-state index in [0.29, 0.717) is 23.8 Å². The van der Waals surface area contributed by atoms with Crippen LogP contribution in [-0.4, -0.2) is 33.7 Å². The van der Waals surface area contributed by atoms with Crippen molar-refractivity contribution in [2.75, 3.05) is 13.2 Å². The van der Waals surface area contributed by atoms with Crippen LogP contribution in [0.1, 0.15) is 10.5 Å². The molecule has 0 atom stereocenters. The number of amides is 1. The lowest BCUT2D eigenvalue weighted by Gasteiger charge is -2.18. The van der Waals surface area contributed by atoms with Gasteiger partial charge in [0.25, 0.3) is 5.91 Å². The standard InChI is InChI=1S/C15H12N4O3S/c1-19-10-6-11-12(22-5-4-21-11)7-13(10)23-15(19)18-14(20)9-8-16-2-3-17-9/h2-3,6-8H,4-5H2,1H3. The van der Waals surface area contributed by atoms with Gasteiger partial charge in [0.2, 0.25) is 0 Å². The topological polar surface area (TPSA) is 78.6 Å². The number of rotatable bonds is 1. The highest BCUT2D eigenvalue weighted by molar-refractivity contribution is 7.16. The Hall–Kier alpha value is -2.74. The number of thiazole rings is 1. The largest absolute Gasteiger partial charge is 0.486 e. The normalized spacial score (nSPS) is 14.2. The van der Waals surface area contributed by atoms with Crippen molar-refractivity contribution in [3.8, 4) is 11.5 Å². The Morgan fingerprint density at radius 2 is 2.04 bits per heavy atom. The highest BCUT2D eigenvalue weighted by Gasteiger charge is 2.16. The second kappa shape index (κ2) is 5.47. The summed E-state index contributed by atoms with van der Waals surface area (Å²) in [6.45, 7) is 1.08. The Labute approximate surface area is 134 Å². The molecule has 0 saturated heterocycles. The number of carbonyl (C=O) groups excluding carboxylic acids is 1. The molecule has 0 unspecified atom stereocenters. The average Bonchev–Trinajstić information content (AvgIpc) is 2.89. The molecule has 3 heterocycles. The smallest absolute Gasteiger partial charge is 0.299 e. The Morgan fingerprint density at radius 3 is 2.78 bits per heavy atom. The van der Waals surface area contributed by atoms with Crippen LogP contribution in [0.3, 0.4) is 0 Å². The van der Waals surface area contributed by atoms with E-state index in [9.17, 15) is 4.79 Å². The predicted octanol–water partition coefficient (Wildman–Crippen LogP) is 1.54. The van der Waals surface area contributed by atoms with E-state index in [1.54, 1.807) is 0 Å². The number of aromatic nitrogens is 3. The van der Waals surface area contributed by atoms with Crippen molar-refractivity contribution in [1.82, 2.24) is 14.5 Å². The van der Waals surface area contributed by atoms with Gasteiger partial charge in [0, 0.05) is 31.6 Å². The summed E-state index contributed by atoms with van der Waals surface area (Å²) in [5.41, 5.74) is 1.15. The lowest BCUT2D eigenvalue weighted by molar-refractivity contribution is 0.0993. The van der Waals surface area contributed by atoms with Gasteiger partial charge in [-0.05, 0) is 0 Å². The van der Waals surface area contributed by atoms with E-state index < -0.39 is 5.91 Å². The lowest BCUT2D eigenvalue weighted by atomic mass is 10.3. The second-order valence-electron chi connectivity index (χ2n) is 4.91. The molecule has 0 N–H and O–H groups in total. The van der Waals surface area contributed by atoms with Crippen molar-refractivity contribution in [2.24, 2.45) is 12.0 Å². The number of fused-ring (bicyclic) bond motifs is 2. The van der Waals surface area contributed by atoms with E-state index in [1.807, 2.05) is 23.7 Å². The van der Waals surface area contributed by atoms with E-state index in [4.69, 9.17) is 9.47 Å². The first kappa shape index (κ1) is 13.9. The average molecular weight is 328 g/mol.